The summed E-state index contributed by atoms with van der Waals surface area (Å²) >= 11 is 0. The average Bonchev–Trinajstić information content (AvgIpc) is 3.34. The summed E-state index contributed by atoms with van der Waals surface area (Å²) in [6.07, 6.45) is 3.01. The van der Waals surface area contributed by atoms with Crippen molar-refractivity contribution in [1.29, 1.82) is 0 Å². The van der Waals surface area contributed by atoms with Gasteiger partial charge in [-0.2, -0.15) is 0 Å². The van der Waals surface area contributed by atoms with E-state index in [9.17, 15) is 48.3 Å². The first-order valence-electron chi connectivity index (χ1n) is 30.2. The molecule has 1 aliphatic rings. The second-order valence-electron chi connectivity index (χ2n) is 25.7. The molecule has 0 aliphatic carbocycles. The number of aliphatic hydroxyl groups is 1. The van der Waals surface area contributed by atoms with Crippen molar-refractivity contribution >= 4 is 65.0 Å². The van der Waals surface area contributed by atoms with E-state index < -0.39 is 156 Å². The lowest BCUT2D eigenvalue weighted by atomic mass is 9.91. The Bertz CT molecular complexity index is 2290. The van der Waals surface area contributed by atoms with E-state index in [1.807, 2.05) is 55.4 Å². The minimum atomic E-state index is -1.61. The minimum absolute atomic E-state index is 0.0205. The van der Waals surface area contributed by atoms with E-state index in [-0.39, 0.29) is 55.8 Å². The van der Waals surface area contributed by atoms with E-state index in [0.717, 1.165) is 9.80 Å². The Labute approximate surface area is 502 Å². The molecule has 1 rings (SSSR count). The summed E-state index contributed by atoms with van der Waals surface area (Å²) in [4.78, 5) is 166. The smallest absolute Gasteiger partial charge is 0.246 e. The molecule has 480 valence electrons. The number of hydrogen-bond acceptors (Lipinski definition) is 12. The Balaban J connectivity index is 4.27. The van der Waals surface area contributed by atoms with Crippen LogP contribution in [0.25, 0.3) is 0 Å². The molecule has 0 unspecified atom stereocenters. The number of aliphatic hydroxyl groups excluding tert-OH is 1. The second kappa shape index (κ2) is 34.7. The van der Waals surface area contributed by atoms with Crippen LogP contribution in [0.15, 0.2) is 12.2 Å². The number of hydrogen-bond donors (Lipinski definition) is 6. The molecule has 84 heavy (non-hydrogen) atoms. The standard InChI is InChI=1S/C61H109N11O12/c1-24-26-27-39(15)51(74)50-55(78)65-42(25-2)57(80)67(18)32-47(73)64-43(28-33(3)4)53(76)66-48(37(11)12)60(83)68(19)44(29-34(5)6)54(77)62-40(16)52(75)63-41(17)56(79)69(20)45(30-35(7)8)58(81)70(21)46(31-36(9)10)59(82)71(22)49(38(13)14)61(84)72(50)23/h24,26,33-46,48-51,74H,25,27-32H2,1-23H3,(H,62,77)(H,63,75)(H,64,73)(H,65,78)(H,66,76)/b26-24+/t39-,40+,41-,42+,43+,44-,45+,46+,48-,49+,50+,51-/m1/s1. The molecule has 23 heteroatoms. The van der Waals surface area contributed by atoms with Crippen molar-refractivity contribution < 1.29 is 57.8 Å². The van der Waals surface area contributed by atoms with Crippen LogP contribution in [0.5, 0.6) is 0 Å². The maximum atomic E-state index is 15.1. The molecule has 0 bridgehead atoms. The zero-order valence-corrected chi connectivity index (χ0v) is 55.1. The summed E-state index contributed by atoms with van der Waals surface area (Å²) in [5, 5.41) is 25.7. The zero-order chi connectivity index (χ0) is 65.1. The molecule has 12 atom stereocenters. The molecule has 1 fully saturated rings. The van der Waals surface area contributed by atoms with Gasteiger partial charge in [-0.25, -0.2) is 0 Å². The lowest BCUT2D eigenvalue weighted by Gasteiger charge is -2.41. The van der Waals surface area contributed by atoms with Crippen LogP contribution in [0, 0.1) is 41.4 Å². The molecule has 1 heterocycles. The summed E-state index contributed by atoms with van der Waals surface area (Å²) < 4.78 is 0. The molecule has 1 saturated heterocycles. The average molecular weight is 1190 g/mol. The molecule has 0 radical (unpaired) electrons. The lowest BCUT2D eigenvalue weighted by molar-refractivity contribution is -0.157. The topological polar surface area (TPSA) is 288 Å². The monoisotopic (exact) mass is 1190 g/mol. The molecular formula is C61H109N11O12. The first-order valence-corrected chi connectivity index (χ1v) is 30.2. The predicted octanol–water partition coefficient (Wildman–Crippen LogP) is 2.93. The molecule has 1 aliphatic heterocycles. The Morgan fingerprint density at radius 3 is 1.38 bits per heavy atom. The molecule has 0 aromatic rings. The number of allylic oxidation sites excluding steroid dienone is 2. The number of nitrogens with one attached hydrogen (secondary N) is 5. The van der Waals surface area contributed by atoms with E-state index >= 15 is 9.59 Å². The summed E-state index contributed by atoms with van der Waals surface area (Å²) in [6.45, 7) is 29.2. The van der Waals surface area contributed by atoms with Crippen LogP contribution in [0.2, 0.25) is 0 Å². The number of likely N-dealkylation sites (N-methyl/N-ethyl adjacent to an activating group) is 6. The normalized spacial score (nSPS) is 27.0. The van der Waals surface area contributed by atoms with Gasteiger partial charge in [-0.3, -0.25) is 52.7 Å². The Morgan fingerprint density at radius 2 is 0.917 bits per heavy atom. The fourth-order valence-electron chi connectivity index (χ4n) is 10.5. The molecule has 23 nitrogen and oxygen atoms in total. The van der Waals surface area contributed by atoms with Crippen LogP contribution in [-0.4, -0.2) is 215 Å². The zero-order valence-electron chi connectivity index (χ0n) is 55.1. The van der Waals surface area contributed by atoms with Gasteiger partial charge in [-0.1, -0.05) is 109 Å². The Morgan fingerprint density at radius 1 is 0.464 bits per heavy atom. The molecule has 0 saturated carbocycles. The quantitative estimate of drug-likeness (QED) is 0.129. The summed E-state index contributed by atoms with van der Waals surface area (Å²) in [7, 11) is 8.46. The Hall–Kier alpha value is -6.13. The van der Waals surface area contributed by atoms with Crippen molar-refractivity contribution in [2.24, 2.45) is 41.4 Å². The third-order valence-corrected chi connectivity index (χ3v) is 15.6. The second-order valence-corrected chi connectivity index (χ2v) is 25.7. The summed E-state index contributed by atoms with van der Waals surface area (Å²) in [6, 6.07) is -12.4. The highest BCUT2D eigenvalue weighted by atomic mass is 16.3. The molecule has 0 aromatic heterocycles. The van der Waals surface area contributed by atoms with Crippen LogP contribution < -0.4 is 26.6 Å². The number of rotatable bonds is 15. The third-order valence-electron chi connectivity index (χ3n) is 15.6. The van der Waals surface area contributed by atoms with Crippen LogP contribution >= 0.6 is 0 Å². The van der Waals surface area contributed by atoms with Gasteiger partial charge in [0.1, 0.15) is 60.4 Å². The van der Waals surface area contributed by atoms with Crippen molar-refractivity contribution in [2.45, 2.75) is 223 Å². The van der Waals surface area contributed by atoms with E-state index in [2.05, 4.69) is 26.6 Å². The van der Waals surface area contributed by atoms with Gasteiger partial charge in [-0.15, -0.1) is 0 Å². The fourth-order valence-corrected chi connectivity index (χ4v) is 10.5. The Kier molecular flexibility index (Phi) is 31.4. The van der Waals surface area contributed by atoms with Crippen molar-refractivity contribution in [3.8, 4) is 0 Å². The van der Waals surface area contributed by atoms with E-state index in [1.165, 1.54) is 75.7 Å². The van der Waals surface area contributed by atoms with Crippen LogP contribution in [0.4, 0.5) is 0 Å². The highest BCUT2D eigenvalue weighted by molar-refractivity contribution is 5.99. The predicted molar refractivity (Wildman–Crippen MR) is 324 cm³/mol. The van der Waals surface area contributed by atoms with Gasteiger partial charge < -0.3 is 61.1 Å². The first-order chi connectivity index (χ1) is 38.8. The minimum Gasteiger partial charge on any atom is -0.390 e. The largest absolute Gasteiger partial charge is 0.390 e. The first kappa shape index (κ1) is 75.9. The van der Waals surface area contributed by atoms with Crippen molar-refractivity contribution in [2.75, 3.05) is 48.8 Å². The number of carbonyl (C=O) groups excluding carboxylic acids is 11. The lowest BCUT2D eigenvalue weighted by Crippen LogP contribution is -2.63. The van der Waals surface area contributed by atoms with E-state index in [4.69, 9.17) is 0 Å². The van der Waals surface area contributed by atoms with Gasteiger partial charge in [0.25, 0.3) is 0 Å². The number of amides is 11. The molecule has 0 spiro atoms. The number of carbonyl (C=O) groups is 11. The molecule has 6 N–H and O–H groups in total. The molecule has 0 aromatic carbocycles. The number of nitrogens with zero attached hydrogens (tertiary/aromatic N) is 6. The fraction of sp³-hybridized carbons (Fsp3) is 0.787. The maximum Gasteiger partial charge on any atom is 0.246 e. The van der Waals surface area contributed by atoms with Crippen molar-refractivity contribution in [3.63, 3.8) is 0 Å². The third kappa shape index (κ3) is 21.7. The molecular weight excluding hydrogens is 1080 g/mol. The van der Waals surface area contributed by atoms with Gasteiger partial charge in [0.05, 0.1) is 12.6 Å². The van der Waals surface area contributed by atoms with Gasteiger partial charge in [0.2, 0.25) is 65.0 Å². The van der Waals surface area contributed by atoms with Crippen LogP contribution in [-0.2, 0) is 52.7 Å². The van der Waals surface area contributed by atoms with Gasteiger partial charge in [0.15, 0.2) is 0 Å². The highest BCUT2D eigenvalue weighted by Crippen LogP contribution is 2.25. The maximum absolute atomic E-state index is 15.1. The van der Waals surface area contributed by atoms with Crippen molar-refractivity contribution in [1.82, 2.24) is 56.0 Å². The summed E-state index contributed by atoms with van der Waals surface area (Å²) in [5.41, 5.74) is 0. The highest BCUT2D eigenvalue weighted by Gasteiger charge is 2.45. The SMILES string of the molecule is C/C=C/C[C@@H](C)[C@@H](O)[C@H]1C(=O)N[C@@H](CC)C(=O)N(C)CC(=O)N[C@@H](CC(C)C)C(=O)N[C@H](C(C)C)C(=O)N(C)[C@H](CC(C)C)C(=O)N[C@@H](C)C(=O)N[C@H](C)C(=O)N(C)[C@@H](CC(C)C)C(=O)N(C)[C@@H](CC(C)C)C(=O)N(C)[C@@H](C(C)C)C(=O)N1C. The van der Waals surface area contributed by atoms with Crippen molar-refractivity contribution in [3.05, 3.63) is 12.2 Å². The van der Waals surface area contributed by atoms with Crippen LogP contribution in [0.1, 0.15) is 156 Å². The van der Waals surface area contributed by atoms with Gasteiger partial charge in [0, 0.05) is 42.3 Å². The summed E-state index contributed by atoms with van der Waals surface area (Å²) in [5.74, 6) is -9.86. The van der Waals surface area contributed by atoms with Crippen LogP contribution in [0.3, 0.4) is 0 Å². The molecule has 11 amide bonds. The van der Waals surface area contributed by atoms with E-state index in [0.29, 0.717) is 6.42 Å². The van der Waals surface area contributed by atoms with Gasteiger partial charge in [-0.05, 0) is 101 Å². The van der Waals surface area contributed by atoms with Gasteiger partial charge >= 0.3 is 0 Å². The van der Waals surface area contributed by atoms with E-state index in [1.54, 1.807) is 60.6 Å².